The maximum atomic E-state index is 11.4. The zero-order chi connectivity index (χ0) is 11.4. The minimum absolute atomic E-state index is 0.0568. The fourth-order valence-electron chi connectivity index (χ4n) is 1.55. The van der Waals surface area contributed by atoms with E-state index >= 15 is 0 Å². The molecule has 15 heavy (non-hydrogen) atoms. The lowest BCUT2D eigenvalue weighted by atomic mass is 10.0. The largest absolute Gasteiger partial charge is 0.493 e. The molecule has 0 aliphatic rings. The second-order valence-corrected chi connectivity index (χ2v) is 3.40. The Morgan fingerprint density at radius 3 is 2.53 bits per heavy atom. The summed E-state index contributed by atoms with van der Waals surface area (Å²) in [5.41, 5.74) is 7.91. The molecule has 0 saturated heterocycles. The number of rotatable bonds is 4. The van der Waals surface area contributed by atoms with Crippen LogP contribution in [0.3, 0.4) is 0 Å². The predicted octanol–water partition coefficient (Wildman–Crippen LogP) is 2.43. The van der Waals surface area contributed by atoms with Gasteiger partial charge in [-0.2, -0.15) is 0 Å². The molecule has 0 atom stereocenters. The lowest BCUT2D eigenvalue weighted by Crippen LogP contribution is -2.06. The minimum atomic E-state index is -0.0568. The van der Waals surface area contributed by atoms with E-state index in [9.17, 15) is 4.79 Å². The topological polar surface area (TPSA) is 52.3 Å². The van der Waals surface area contributed by atoms with Gasteiger partial charge in [0.05, 0.1) is 12.2 Å². The van der Waals surface area contributed by atoms with Crippen LogP contribution in [0.1, 0.15) is 36.7 Å². The fourth-order valence-corrected chi connectivity index (χ4v) is 1.55. The van der Waals surface area contributed by atoms with Gasteiger partial charge in [-0.1, -0.05) is 6.92 Å². The molecule has 2 N–H and O–H groups in total. The second-order valence-electron chi connectivity index (χ2n) is 3.40. The van der Waals surface area contributed by atoms with Crippen molar-refractivity contribution in [3.63, 3.8) is 0 Å². The van der Waals surface area contributed by atoms with Crippen molar-refractivity contribution in [2.24, 2.45) is 0 Å². The van der Waals surface area contributed by atoms with Gasteiger partial charge in [0, 0.05) is 5.69 Å². The van der Waals surface area contributed by atoms with Crippen LogP contribution < -0.4 is 10.5 Å². The Morgan fingerprint density at radius 1 is 1.40 bits per heavy atom. The first-order valence-corrected chi connectivity index (χ1v) is 5.16. The van der Waals surface area contributed by atoms with Crippen molar-refractivity contribution in [2.45, 2.75) is 27.2 Å². The van der Waals surface area contributed by atoms with Crippen molar-refractivity contribution in [1.29, 1.82) is 0 Å². The van der Waals surface area contributed by atoms with Crippen LogP contribution in [-0.2, 0) is 6.42 Å². The summed E-state index contributed by atoms with van der Waals surface area (Å²) in [6.07, 6.45) is 0.877. The van der Waals surface area contributed by atoms with Crippen molar-refractivity contribution in [3.05, 3.63) is 23.3 Å². The predicted molar refractivity (Wildman–Crippen MR) is 61.4 cm³/mol. The Kier molecular flexibility index (Phi) is 3.72. The van der Waals surface area contributed by atoms with E-state index < -0.39 is 0 Å². The van der Waals surface area contributed by atoms with Gasteiger partial charge in [0.15, 0.2) is 5.78 Å². The van der Waals surface area contributed by atoms with Crippen molar-refractivity contribution in [3.8, 4) is 5.75 Å². The quantitative estimate of drug-likeness (QED) is 0.609. The third kappa shape index (κ3) is 2.49. The van der Waals surface area contributed by atoms with Crippen LogP contribution >= 0.6 is 0 Å². The normalized spacial score (nSPS) is 10.1. The number of anilines is 1. The lowest BCUT2D eigenvalue weighted by Gasteiger charge is -2.12. The average molecular weight is 207 g/mol. The number of hydrogen-bond acceptors (Lipinski definition) is 3. The maximum Gasteiger partial charge on any atom is 0.165 e. The van der Waals surface area contributed by atoms with Crippen molar-refractivity contribution < 1.29 is 9.53 Å². The Bertz CT molecular complexity index is 372. The van der Waals surface area contributed by atoms with Gasteiger partial charge in [-0.15, -0.1) is 0 Å². The molecule has 0 unspecified atom stereocenters. The van der Waals surface area contributed by atoms with Crippen LogP contribution in [0.2, 0.25) is 0 Å². The monoisotopic (exact) mass is 207 g/mol. The van der Waals surface area contributed by atoms with Gasteiger partial charge in [0.25, 0.3) is 0 Å². The molecule has 0 aliphatic carbocycles. The number of benzene rings is 1. The van der Waals surface area contributed by atoms with Crippen LogP contribution in [-0.4, -0.2) is 12.4 Å². The Balaban J connectivity index is 3.28. The first-order valence-electron chi connectivity index (χ1n) is 5.16. The van der Waals surface area contributed by atoms with Crippen LogP contribution in [0, 0.1) is 0 Å². The summed E-state index contributed by atoms with van der Waals surface area (Å²) in [6, 6.07) is 3.72. The van der Waals surface area contributed by atoms with E-state index in [1.807, 2.05) is 26.0 Å². The van der Waals surface area contributed by atoms with Gasteiger partial charge in [0.2, 0.25) is 0 Å². The highest BCUT2D eigenvalue weighted by atomic mass is 16.5. The molecule has 3 heteroatoms. The molecule has 0 aromatic heterocycles. The number of ether oxygens (including phenoxy) is 1. The summed E-state index contributed by atoms with van der Waals surface area (Å²) < 4.78 is 5.42. The third-order valence-electron chi connectivity index (χ3n) is 2.25. The molecular formula is C12H17NO2. The SMILES string of the molecule is CCOc1cc(CC)cc(N)c1C(C)=O. The van der Waals surface area contributed by atoms with Crippen LogP contribution in [0.15, 0.2) is 12.1 Å². The number of nitrogen functional groups attached to an aromatic ring is 1. The number of aryl methyl sites for hydroxylation is 1. The molecule has 0 fully saturated rings. The van der Waals surface area contributed by atoms with E-state index in [4.69, 9.17) is 10.5 Å². The van der Waals surface area contributed by atoms with Gasteiger partial charge < -0.3 is 10.5 Å². The number of carbonyl (C=O) groups is 1. The molecule has 0 spiro atoms. The molecule has 0 amide bonds. The Labute approximate surface area is 90.2 Å². The van der Waals surface area contributed by atoms with Gasteiger partial charge in [-0.3, -0.25) is 4.79 Å². The highest BCUT2D eigenvalue weighted by molar-refractivity contribution is 6.02. The first kappa shape index (κ1) is 11.6. The van der Waals surface area contributed by atoms with E-state index in [1.54, 1.807) is 0 Å². The molecule has 82 valence electrons. The van der Waals surface area contributed by atoms with Crippen molar-refractivity contribution in [2.75, 3.05) is 12.3 Å². The van der Waals surface area contributed by atoms with Gasteiger partial charge in [-0.05, 0) is 38.0 Å². The highest BCUT2D eigenvalue weighted by Crippen LogP contribution is 2.27. The third-order valence-corrected chi connectivity index (χ3v) is 2.25. The van der Waals surface area contributed by atoms with E-state index in [2.05, 4.69) is 0 Å². The summed E-state index contributed by atoms with van der Waals surface area (Å²) in [6.45, 7) is 5.96. The number of ketones is 1. The number of hydrogen-bond donors (Lipinski definition) is 1. The first-order chi connectivity index (χ1) is 7.10. The van der Waals surface area contributed by atoms with Crippen LogP contribution in [0.4, 0.5) is 5.69 Å². The molecule has 3 nitrogen and oxygen atoms in total. The van der Waals surface area contributed by atoms with Gasteiger partial charge in [-0.25, -0.2) is 0 Å². The van der Waals surface area contributed by atoms with Gasteiger partial charge in [0.1, 0.15) is 5.75 Å². The maximum absolute atomic E-state index is 11.4. The van der Waals surface area contributed by atoms with Crippen LogP contribution in [0.25, 0.3) is 0 Å². The van der Waals surface area contributed by atoms with E-state index in [0.29, 0.717) is 23.6 Å². The molecule has 0 bridgehead atoms. The second kappa shape index (κ2) is 4.82. The summed E-state index contributed by atoms with van der Waals surface area (Å²) in [5.74, 6) is 0.542. The van der Waals surface area contributed by atoms with Crippen LogP contribution in [0.5, 0.6) is 5.75 Å². The fraction of sp³-hybridized carbons (Fsp3) is 0.417. The standard InChI is InChI=1S/C12H17NO2/c1-4-9-6-10(13)12(8(3)14)11(7-9)15-5-2/h6-7H,4-5,13H2,1-3H3. The summed E-state index contributed by atoms with van der Waals surface area (Å²) in [5, 5.41) is 0. The number of Topliss-reactive ketones (excluding diaryl/α,β-unsaturated/α-hetero) is 1. The molecule has 0 heterocycles. The Morgan fingerprint density at radius 2 is 2.07 bits per heavy atom. The summed E-state index contributed by atoms with van der Waals surface area (Å²) in [4.78, 5) is 11.4. The zero-order valence-electron chi connectivity index (χ0n) is 9.46. The summed E-state index contributed by atoms with van der Waals surface area (Å²) >= 11 is 0. The number of nitrogens with two attached hydrogens (primary N) is 1. The molecule has 1 aromatic carbocycles. The molecular weight excluding hydrogens is 190 g/mol. The molecule has 1 aromatic rings. The Hall–Kier alpha value is -1.51. The molecule has 0 saturated carbocycles. The van der Waals surface area contributed by atoms with Crippen molar-refractivity contribution >= 4 is 11.5 Å². The average Bonchev–Trinajstić information content (AvgIpc) is 2.16. The lowest BCUT2D eigenvalue weighted by molar-refractivity contribution is 0.101. The molecule has 0 radical (unpaired) electrons. The van der Waals surface area contributed by atoms with E-state index in [0.717, 1.165) is 12.0 Å². The minimum Gasteiger partial charge on any atom is -0.493 e. The highest BCUT2D eigenvalue weighted by Gasteiger charge is 2.13. The summed E-state index contributed by atoms with van der Waals surface area (Å²) in [7, 11) is 0. The van der Waals surface area contributed by atoms with E-state index in [1.165, 1.54) is 6.92 Å². The van der Waals surface area contributed by atoms with E-state index in [-0.39, 0.29) is 5.78 Å². The molecule has 1 rings (SSSR count). The smallest absolute Gasteiger partial charge is 0.165 e. The van der Waals surface area contributed by atoms with Gasteiger partial charge >= 0.3 is 0 Å². The van der Waals surface area contributed by atoms with Crippen molar-refractivity contribution in [1.82, 2.24) is 0 Å². The number of carbonyl (C=O) groups excluding carboxylic acids is 1. The zero-order valence-corrected chi connectivity index (χ0v) is 9.46. The molecule has 0 aliphatic heterocycles.